The maximum absolute atomic E-state index is 13.8. The van der Waals surface area contributed by atoms with Crippen LogP contribution in [0.4, 0.5) is 5.13 Å². The Morgan fingerprint density at radius 3 is 2.74 bits per heavy atom. The molecule has 1 atom stereocenters. The van der Waals surface area contributed by atoms with Gasteiger partial charge in [0.15, 0.2) is 10.6 Å². The summed E-state index contributed by atoms with van der Waals surface area (Å²) in [7, 11) is 0. The van der Waals surface area contributed by atoms with Crippen molar-refractivity contribution in [1.82, 2.24) is 4.98 Å². The quantitative estimate of drug-likeness (QED) is 0.335. The smallest absolute Gasteiger partial charge is 0.297 e. The number of carbonyl (C=O) groups is 1. The van der Waals surface area contributed by atoms with Crippen LogP contribution in [0, 0.1) is 13.8 Å². The van der Waals surface area contributed by atoms with Gasteiger partial charge >= 0.3 is 0 Å². The minimum absolute atomic E-state index is 0.0645. The van der Waals surface area contributed by atoms with Gasteiger partial charge in [-0.3, -0.25) is 14.5 Å². The molecule has 172 valence electrons. The fourth-order valence-corrected chi connectivity index (χ4v) is 5.18. The molecular weight excluding hydrogens is 448 g/mol. The largest absolute Gasteiger partial charge is 0.490 e. The van der Waals surface area contributed by atoms with Gasteiger partial charge in [-0.05, 0) is 55.7 Å². The molecule has 0 saturated heterocycles. The molecule has 0 N–H and O–H groups in total. The van der Waals surface area contributed by atoms with Crippen LogP contribution in [-0.2, 0) is 6.42 Å². The molecule has 34 heavy (non-hydrogen) atoms. The number of nitrogens with zero attached hydrogens (tertiary/aromatic N) is 2. The predicted octanol–water partition coefficient (Wildman–Crippen LogP) is 5.74. The number of anilines is 1. The zero-order valence-corrected chi connectivity index (χ0v) is 20.1. The maximum atomic E-state index is 13.8. The SMILES string of the molecule is C=CCOc1cccc(C2c3c(oc4ccc(CC)cc4c3=O)C(=O)N2c2nc(C)c(C)s2)c1. The van der Waals surface area contributed by atoms with E-state index in [1.165, 1.54) is 11.3 Å². The first-order valence-corrected chi connectivity index (χ1v) is 12.0. The van der Waals surface area contributed by atoms with Crippen LogP contribution < -0.4 is 15.1 Å². The number of carbonyl (C=O) groups excluding carboxylic acids is 1. The van der Waals surface area contributed by atoms with E-state index in [4.69, 9.17) is 9.15 Å². The van der Waals surface area contributed by atoms with Gasteiger partial charge in [0.1, 0.15) is 17.9 Å². The second kappa shape index (κ2) is 8.57. The van der Waals surface area contributed by atoms with Crippen molar-refractivity contribution in [2.45, 2.75) is 33.2 Å². The summed E-state index contributed by atoms with van der Waals surface area (Å²) < 4.78 is 11.8. The van der Waals surface area contributed by atoms with Gasteiger partial charge in [-0.15, -0.1) is 11.3 Å². The number of aromatic nitrogens is 1. The van der Waals surface area contributed by atoms with Gasteiger partial charge < -0.3 is 9.15 Å². The summed E-state index contributed by atoms with van der Waals surface area (Å²) in [5.74, 6) is 0.322. The Balaban J connectivity index is 1.77. The predicted molar refractivity (Wildman–Crippen MR) is 134 cm³/mol. The van der Waals surface area contributed by atoms with E-state index in [9.17, 15) is 9.59 Å². The molecule has 0 saturated carbocycles. The van der Waals surface area contributed by atoms with Crippen LogP contribution in [-0.4, -0.2) is 17.5 Å². The fraction of sp³-hybridized carbons (Fsp3) is 0.222. The van der Waals surface area contributed by atoms with Crippen LogP contribution in [0.5, 0.6) is 5.75 Å². The highest BCUT2D eigenvalue weighted by atomic mass is 32.1. The van der Waals surface area contributed by atoms with Gasteiger partial charge in [-0.25, -0.2) is 4.98 Å². The first-order chi connectivity index (χ1) is 16.4. The van der Waals surface area contributed by atoms with Crippen molar-refractivity contribution in [2.75, 3.05) is 11.5 Å². The van der Waals surface area contributed by atoms with E-state index < -0.39 is 6.04 Å². The monoisotopic (exact) mass is 472 g/mol. The molecule has 4 aromatic rings. The molecule has 0 spiro atoms. The number of aryl methyl sites for hydroxylation is 3. The first kappa shape index (κ1) is 22.1. The van der Waals surface area contributed by atoms with Gasteiger partial charge in [-0.2, -0.15) is 0 Å². The van der Waals surface area contributed by atoms with E-state index in [1.807, 2.05) is 57.2 Å². The third-order valence-electron chi connectivity index (χ3n) is 6.11. The Hall–Kier alpha value is -3.71. The normalized spacial score (nSPS) is 15.1. The highest BCUT2D eigenvalue weighted by Crippen LogP contribution is 2.43. The molecule has 2 aromatic carbocycles. The second-order valence-electron chi connectivity index (χ2n) is 8.25. The lowest BCUT2D eigenvalue weighted by Gasteiger charge is -2.23. The molecule has 6 nitrogen and oxygen atoms in total. The summed E-state index contributed by atoms with van der Waals surface area (Å²) in [4.78, 5) is 34.7. The van der Waals surface area contributed by atoms with Crippen LogP contribution in [0.15, 0.2) is 64.3 Å². The van der Waals surface area contributed by atoms with Gasteiger partial charge in [0.25, 0.3) is 5.91 Å². The minimum Gasteiger partial charge on any atom is -0.490 e. The lowest BCUT2D eigenvalue weighted by atomic mass is 9.98. The first-order valence-electron chi connectivity index (χ1n) is 11.1. The van der Waals surface area contributed by atoms with E-state index in [0.29, 0.717) is 34.0 Å². The van der Waals surface area contributed by atoms with Crippen molar-refractivity contribution in [3.8, 4) is 5.75 Å². The van der Waals surface area contributed by atoms with Gasteiger partial charge in [0.05, 0.1) is 22.7 Å². The van der Waals surface area contributed by atoms with E-state index in [2.05, 4.69) is 11.6 Å². The number of ether oxygens (including phenoxy) is 1. The summed E-state index contributed by atoms with van der Waals surface area (Å²) in [6, 6.07) is 12.3. The summed E-state index contributed by atoms with van der Waals surface area (Å²) in [5.41, 5.74) is 3.17. The molecule has 7 heteroatoms. The highest BCUT2D eigenvalue weighted by Gasteiger charge is 2.45. The summed E-state index contributed by atoms with van der Waals surface area (Å²) >= 11 is 1.42. The zero-order valence-electron chi connectivity index (χ0n) is 19.3. The number of amides is 1. The van der Waals surface area contributed by atoms with Gasteiger partial charge in [0.2, 0.25) is 5.76 Å². The van der Waals surface area contributed by atoms with Crippen LogP contribution in [0.1, 0.15) is 50.8 Å². The van der Waals surface area contributed by atoms with Crippen molar-refractivity contribution in [3.05, 3.63) is 98.4 Å². The number of hydrogen-bond donors (Lipinski definition) is 0. The summed E-state index contributed by atoms with van der Waals surface area (Å²) in [6.07, 6.45) is 2.46. The molecule has 1 unspecified atom stereocenters. The van der Waals surface area contributed by atoms with Crippen molar-refractivity contribution >= 4 is 33.3 Å². The van der Waals surface area contributed by atoms with Gasteiger partial charge in [0, 0.05) is 4.88 Å². The topological polar surface area (TPSA) is 72.6 Å². The third kappa shape index (κ3) is 3.53. The molecule has 5 rings (SSSR count). The average Bonchev–Trinajstić information content (AvgIpc) is 3.33. The molecule has 0 radical (unpaired) electrons. The Morgan fingerprint density at radius 2 is 2.03 bits per heavy atom. The Morgan fingerprint density at radius 1 is 1.21 bits per heavy atom. The summed E-state index contributed by atoms with van der Waals surface area (Å²) in [6.45, 7) is 9.95. The molecule has 3 heterocycles. The van der Waals surface area contributed by atoms with Crippen LogP contribution in [0.3, 0.4) is 0 Å². The molecule has 2 aromatic heterocycles. The Bertz CT molecular complexity index is 1480. The van der Waals surface area contributed by atoms with Crippen LogP contribution >= 0.6 is 11.3 Å². The van der Waals surface area contributed by atoms with Crippen molar-refractivity contribution < 1.29 is 13.9 Å². The number of fused-ring (bicyclic) bond motifs is 2. The van der Waals surface area contributed by atoms with Gasteiger partial charge in [-0.1, -0.05) is 37.8 Å². The van der Waals surface area contributed by atoms with Crippen molar-refractivity contribution in [1.29, 1.82) is 0 Å². The lowest BCUT2D eigenvalue weighted by molar-refractivity contribution is 0.0971. The maximum Gasteiger partial charge on any atom is 0.297 e. The number of hydrogen-bond acceptors (Lipinski definition) is 6. The van der Waals surface area contributed by atoms with E-state index in [0.717, 1.165) is 28.1 Å². The molecule has 0 fully saturated rings. The number of benzene rings is 2. The van der Waals surface area contributed by atoms with Crippen LogP contribution in [0.2, 0.25) is 0 Å². The highest BCUT2D eigenvalue weighted by molar-refractivity contribution is 7.15. The zero-order chi connectivity index (χ0) is 24.0. The van der Waals surface area contributed by atoms with Crippen molar-refractivity contribution in [2.24, 2.45) is 0 Å². The number of rotatable bonds is 6. The lowest BCUT2D eigenvalue weighted by Crippen LogP contribution is -2.29. The minimum atomic E-state index is -0.675. The van der Waals surface area contributed by atoms with Crippen LogP contribution in [0.25, 0.3) is 11.0 Å². The Kier molecular flexibility index (Phi) is 5.57. The van der Waals surface area contributed by atoms with Crippen molar-refractivity contribution in [3.63, 3.8) is 0 Å². The average molecular weight is 473 g/mol. The van der Waals surface area contributed by atoms with E-state index >= 15 is 0 Å². The molecule has 1 amide bonds. The Labute approximate surface area is 201 Å². The number of thiazole rings is 1. The molecule has 1 aliphatic rings. The standard InChI is InChI=1S/C27H24N2O4S/c1-5-12-32-19-9-7-8-18(14-19)23-22-24(30)20-13-17(6-2)10-11-21(20)33-25(22)26(31)29(23)27-28-15(3)16(4)34-27/h5,7-11,13-14,23H,1,6,12H2,2-4H3. The molecule has 1 aliphatic heterocycles. The molecular formula is C27H24N2O4S. The van der Waals surface area contributed by atoms with E-state index in [-0.39, 0.29) is 17.1 Å². The fourth-order valence-electron chi connectivity index (χ4n) is 4.24. The third-order valence-corrected chi connectivity index (χ3v) is 7.18. The molecule has 0 aliphatic carbocycles. The second-order valence-corrected chi connectivity index (χ2v) is 9.43. The molecule has 0 bridgehead atoms. The van der Waals surface area contributed by atoms with E-state index in [1.54, 1.807) is 17.0 Å². The summed E-state index contributed by atoms with van der Waals surface area (Å²) in [5, 5.41) is 1.01.